The van der Waals surface area contributed by atoms with Crippen LogP contribution in [0, 0.1) is 0 Å². The van der Waals surface area contributed by atoms with Gasteiger partial charge in [0.2, 0.25) is 0 Å². The molecule has 0 radical (unpaired) electrons. The average molecular weight is 415 g/mol. The minimum absolute atomic E-state index is 0.194. The van der Waals surface area contributed by atoms with Crippen LogP contribution in [0.3, 0.4) is 0 Å². The van der Waals surface area contributed by atoms with Gasteiger partial charge in [-0.3, -0.25) is 14.8 Å². The minimum Gasteiger partial charge on any atom is -0.496 e. The number of para-hydroxylation sites is 1. The predicted octanol–water partition coefficient (Wildman–Crippen LogP) is 3.29. The number of aromatic nitrogens is 4. The van der Waals surface area contributed by atoms with E-state index in [0.717, 1.165) is 54.3 Å². The predicted molar refractivity (Wildman–Crippen MR) is 120 cm³/mol. The molecule has 4 aromatic rings. The summed E-state index contributed by atoms with van der Waals surface area (Å²) in [6.07, 6.45) is 5.79. The highest BCUT2D eigenvalue weighted by molar-refractivity contribution is 5.71. The van der Waals surface area contributed by atoms with Crippen LogP contribution in [0.15, 0.2) is 67.1 Å². The first-order valence-electron chi connectivity index (χ1n) is 10.5. The molecule has 0 unspecified atom stereocenters. The molecule has 7 heteroatoms. The van der Waals surface area contributed by atoms with Crippen LogP contribution < -0.4 is 4.74 Å². The Morgan fingerprint density at radius 1 is 1.06 bits per heavy atom. The van der Waals surface area contributed by atoms with Crippen LogP contribution in [0.4, 0.5) is 0 Å². The van der Waals surface area contributed by atoms with Crippen LogP contribution in [0.25, 0.3) is 16.6 Å². The van der Waals surface area contributed by atoms with Gasteiger partial charge in [-0.2, -0.15) is 0 Å². The van der Waals surface area contributed by atoms with Gasteiger partial charge in [-0.15, -0.1) is 5.10 Å². The molecule has 4 heterocycles. The summed E-state index contributed by atoms with van der Waals surface area (Å²) in [7, 11) is 3.86. The summed E-state index contributed by atoms with van der Waals surface area (Å²) >= 11 is 0. The lowest BCUT2D eigenvalue weighted by atomic mass is 10.0. The number of nitrogens with zero attached hydrogens (tertiary/aromatic N) is 6. The number of methoxy groups -OCH3 is 1. The number of piperazine rings is 1. The maximum absolute atomic E-state index is 5.52. The highest BCUT2D eigenvalue weighted by atomic mass is 16.5. The van der Waals surface area contributed by atoms with Gasteiger partial charge in [0, 0.05) is 55.9 Å². The second kappa shape index (κ2) is 8.45. The Kier molecular flexibility index (Phi) is 5.36. The Morgan fingerprint density at radius 2 is 1.97 bits per heavy atom. The van der Waals surface area contributed by atoms with E-state index in [1.165, 1.54) is 5.56 Å². The molecule has 1 aromatic carbocycles. The van der Waals surface area contributed by atoms with Gasteiger partial charge in [0.1, 0.15) is 11.4 Å². The molecule has 0 saturated carbocycles. The van der Waals surface area contributed by atoms with Gasteiger partial charge < -0.3 is 4.74 Å². The molecule has 31 heavy (non-hydrogen) atoms. The monoisotopic (exact) mass is 414 g/mol. The molecular weight excluding hydrogens is 388 g/mol. The summed E-state index contributed by atoms with van der Waals surface area (Å²) < 4.78 is 7.40. The minimum atomic E-state index is 0.194. The first-order chi connectivity index (χ1) is 15.2. The normalized spacial score (nSPS) is 17.8. The molecule has 1 atom stereocenters. The molecule has 0 aliphatic carbocycles. The zero-order valence-corrected chi connectivity index (χ0v) is 17.8. The van der Waals surface area contributed by atoms with Crippen molar-refractivity contribution in [1.29, 1.82) is 0 Å². The molecule has 1 fully saturated rings. The molecule has 0 N–H and O–H groups in total. The molecule has 1 aliphatic rings. The first-order valence-corrected chi connectivity index (χ1v) is 10.5. The van der Waals surface area contributed by atoms with E-state index in [1.807, 2.05) is 47.4 Å². The molecule has 7 nitrogen and oxygen atoms in total. The van der Waals surface area contributed by atoms with Crippen molar-refractivity contribution in [3.8, 4) is 16.9 Å². The lowest BCUT2D eigenvalue weighted by Gasteiger charge is -2.38. The smallest absolute Gasteiger partial charge is 0.126 e. The molecule has 3 aromatic heterocycles. The Hall–Kier alpha value is -3.29. The van der Waals surface area contributed by atoms with Crippen LogP contribution >= 0.6 is 0 Å². The number of benzene rings is 1. The standard InChI is InChI=1S/C24H26N6O/c1-28-12-13-29(15-18-6-5-11-25-14-18)17-22(28)24-21-10-9-19(16-30(21)27-26-24)20-7-3-4-8-23(20)31-2/h3-11,14,16,22H,12-13,15,17H2,1-2H3/t22-/m0/s1. The van der Waals surface area contributed by atoms with Crippen molar-refractivity contribution in [2.45, 2.75) is 12.6 Å². The summed E-state index contributed by atoms with van der Waals surface area (Å²) in [5.41, 5.74) is 5.39. The number of pyridine rings is 2. The third-order valence-electron chi connectivity index (χ3n) is 6.03. The van der Waals surface area contributed by atoms with Crippen molar-refractivity contribution < 1.29 is 4.74 Å². The van der Waals surface area contributed by atoms with Crippen molar-refractivity contribution in [2.24, 2.45) is 0 Å². The molecule has 0 bridgehead atoms. The largest absolute Gasteiger partial charge is 0.496 e. The van der Waals surface area contributed by atoms with E-state index in [0.29, 0.717) is 0 Å². The number of hydrogen-bond donors (Lipinski definition) is 0. The van der Waals surface area contributed by atoms with E-state index < -0.39 is 0 Å². The van der Waals surface area contributed by atoms with Gasteiger partial charge >= 0.3 is 0 Å². The second-order valence-electron chi connectivity index (χ2n) is 8.02. The highest BCUT2D eigenvalue weighted by Gasteiger charge is 2.29. The van der Waals surface area contributed by atoms with Gasteiger partial charge in [0.05, 0.1) is 18.7 Å². The summed E-state index contributed by atoms with van der Waals surface area (Å²) in [5, 5.41) is 9.04. The van der Waals surface area contributed by atoms with E-state index in [2.05, 4.69) is 56.4 Å². The second-order valence-corrected chi connectivity index (χ2v) is 8.02. The summed E-state index contributed by atoms with van der Waals surface area (Å²) in [4.78, 5) is 9.09. The number of rotatable bonds is 5. The molecule has 1 aliphatic heterocycles. The third-order valence-corrected chi connectivity index (χ3v) is 6.03. The van der Waals surface area contributed by atoms with Gasteiger partial charge in [0.25, 0.3) is 0 Å². The number of ether oxygens (including phenoxy) is 1. The van der Waals surface area contributed by atoms with Crippen molar-refractivity contribution in [1.82, 2.24) is 29.6 Å². The van der Waals surface area contributed by atoms with E-state index in [4.69, 9.17) is 4.74 Å². The van der Waals surface area contributed by atoms with Crippen molar-refractivity contribution >= 4 is 5.52 Å². The fourth-order valence-corrected chi connectivity index (χ4v) is 4.31. The Labute approximate surface area is 181 Å². The summed E-state index contributed by atoms with van der Waals surface area (Å²) in [6, 6.07) is 16.6. The average Bonchev–Trinajstić information content (AvgIpc) is 3.24. The maximum Gasteiger partial charge on any atom is 0.126 e. The first kappa shape index (κ1) is 19.7. The Balaban J connectivity index is 1.43. The lowest BCUT2D eigenvalue weighted by molar-refractivity contribution is 0.0889. The van der Waals surface area contributed by atoms with Crippen LogP contribution in [0.2, 0.25) is 0 Å². The number of likely N-dealkylation sites (N-methyl/N-ethyl adjacent to an activating group) is 1. The summed E-state index contributed by atoms with van der Waals surface area (Å²) in [5.74, 6) is 0.847. The van der Waals surface area contributed by atoms with Crippen molar-refractivity contribution in [3.05, 3.63) is 78.4 Å². The van der Waals surface area contributed by atoms with E-state index in [9.17, 15) is 0 Å². The van der Waals surface area contributed by atoms with Gasteiger partial charge in [-0.1, -0.05) is 35.5 Å². The van der Waals surface area contributed by atoms with Crippen molar-refractivity contribution in [3.63, 3.8) is 0 Å². The van der Waals surface area contributed by atoms with Gasteiger partial charge in [-0.05, 0) is 30.8 Å². The zero-order valence-electron chi connectivity index (χ0n) is 17.8. The lowest BCUT2D eigenvalue weighted by Crippen LogP contribution is -2.46. The van der Waals surface area contributed by atoms with Crippen LogP contribution in [0.1, 0.15) is 17.3 Å². The van der Waals surface area contributed by atoms with Gasteiger partial charge in [0.15, 0.2) is 0 Å². The molecule has 1 saturated heterocycles. The SMILES string of the molecule is COc1ccccc1-c1ccc2c([C@@H]3CN(Cc4cccnc4)CCN3C)nnn2c1. The Morgan fingerprint density at radius 3 is 2.81 bits per heavy atom. The molecular formula is C24H26N6O. The van der Waals surface area contributed by atoms with Gasteiger partial charge in [-0.25, -0.2) is 4.52 Å². The zero-order chi connectivity index (χ0) is 21.2. The Bertz CT molecular complexity index is 1180. The summed E-state index contributed by atoms with van der Waals surface area (Å²) in [6.45, 7) is 3.83. The molecule has 0 spiro atoms. The maximum atomic E-state index is 5.52. The third kappa shape index (κ3) is 3.89. The van der Waals surface area contributed by atoms with E-state index in [1.54, 1.807) is 7.11 Å². The topological polar surface area (TPSA) is 58.8 Å². The quantitative estimate of drug-likeness (QED) is 0.500. The van der Waals surface area contributed by atoms with Crippen LogP contribution in [-0.4, -0.2) is 63.4 Å². The molecule has 5 rings (SSSR count). The van der Waals surface area contributed by atoms with Crippen molar-refractivity contribution in [2.75, 3.05) is 33.8 Å². The molecule has 0 amide bonds. The number of fused-ring (bicyclic) bond motifs is 1. The number of hydrogen-bond acceptors (Lipinski definition) is 6. The fourth-order valence-electron chi connectivity index (χ4n) is 4.31. The molecule has 158 valence electrons. The van der Waals surface area contributed by atoms with E-state index >= 15 is 0 Å². The highest BCUT2D eigenvalue weighted by Crippen LogP contribution is 2.31. The van der Waals surface area contributed by atoms with E-state index in [-0.39, 0.29) is 6.04 Å². The fraction of sp³-hybridized carbons (Fsp3) is 0.292. The van der Waals surface area contributed by atoms with Crippen LogP contribution in [0.5, 0.6) is 5.75 Å². The van der Waals surface area contributed by atoms with Crippen LogP contribution in [-0.2, 0) is 6.54 Å².